The van der Waals surface area contributed by atoms with Gasteiger partial charge in [0.05, 0.1) is 4.92 Å². The Hall–Kier alpha value is -3.09. The summed E-state index contributed by atoms with van der Waals surface area (Å²) in [5, 5.41) is 17.1. The van der Waals surface area contributed by atoms with E-state index in [-0.39, 0.29) is 10.6 Å². The van der Waals surface area contributed by atoms with Crippen molar-refractivity contribution in [2.45, 2.75) is 39.7 Å². The number of nitro groups is 1. The van der Waals surface area contributed by atoms with E-state index in [1.165, 1.54) is 0 Å². The van der Waals surface area contributed by atoms with Gasteiger partial charge in [-0.25, -0.2) is 4.79 Å². The molecule has 0 aliphatic carbocycles. The van der Waals surface area contributed by atoms with Crippen LogP contribution in [0.3, 0.4) is 0 Å². The lowest BCUT2D eigenvalue weighted by molar-refractivity contribution is -0.384. The van der Waals surface area contributed by atoms with Gasteiger partial charge in [-0.05, 0) is 57.5 Å². The average molecular weight is 357 g/mol. The number of rotatable bonds is 5. The topological polar surface area (TPSA) is 93.5 Å². The van der Waals surface area contributed by atoms with Crippen LogP contribution < -0.4 is 10.6 Å². The van der Waals surface area contributed by atoms with Crippen molar-refractivity contribution in [3.8, 4) is 0 Å². The largest absolute Gasteiger partial charge is 0.444 e. The number of amides is 1. The van der Waals surface area contributed by atoms with Gasteiger partial charge in [-0.15, -0.1) is 0 Å². The first kappa shape index (κ1) is 19.2. The Bertz CT molecular complexity index is 795. The summed E-state index contributed by atoms with van der Waals surface area (Å²) >= 11 is 0. The van der Waals surface area contributed by atoms with Crippen molar-refractivity contribution in [2.75, 3.05) is 10.6 Å². The highest BCUT2D eigenvalue weighted by atomic mass is 16.6. The van der Waals surface area contributed by atoms with Crippen molar-refractivity contribution in [3.63, 3.8) is 0 Å². The Balaban J connectivity index is 2.13. The molecule has 0 saturated heterocycles. The Morgan fingerprint density at radius 3 is 2.27 bits per heavy atom. The molecular formula is C19H23N3O4. The van der Waals surface area contributed by atoms with Crippen LogP contribution in [0.1, 0.15) is 33.3 Å². The van der Waals surface area contributed by atoms with Gasteiger partial charge in [0.2, 0.25) is 0 Å². The van der Waals surface area contributed by atoms with Crippen LogP contribution in [0.4, 0.5) is 27.5 Å². The number of nitrogens with zero attached hydrogens (tertiary/aromatic N) is 1. The van der Waals surface area contributed by atoms with Crippen LogP contribution in [0.2, 0.25) is 0 Å². The maximum atomic E-state index is 11.8. The van der Waals surface area contributed by atoms with Crippen molar-refractivity contribution in [1.82, 2.24) is 0 Å². The fourth-order valence-electron chi connectivity index (χ4n) is 2.41. The molecule has 0 heterocycles. The van der Waals surface area contributed by atoms with Gasteiger partial charge in [-0.1, -0.05) is 19.1 Å². The summed E-state index contributed by atoms with van der Waals surface area (Å²) in [5.41, 5.74) is 1.85. The number of carbonyl (C=O) groups excluding carboxylic acids is 1. The van der Waals surface area contributed by atoms with Gasteiger partial charge in [0.1, 0.15) is 11.3 Å². The normalized spacial score (nSPS) is 10.9. The van der Waals surface area contributed by atoms with Crippen LogP contribution in [-0.2, 0) is 11.2 Å². The quantitative estimate of drug-likeness (QED) is 0.563. The molecule has 7 heteroatoms. The lowest BCUT2D eigenvalue weighted by Crippen LogP contribution is -2.27. The van der Waals surface area contributed by atoms with Gasteiger partial charge in [0.25, 0.3) is 5.69 Å². The van der Waals surface area contributed by atoms with E-state index in [0.717, 1.165) is 0 Å². The molecule has 0 fully saturated rings. The molecule has 0 aliphatic rings. The first-order chi connectivity index (χ1) is 12.2. The minimum atomic E-state index is -0.575. The van der Waals surface area contributed by atoms with Gasteiger partial charge in [-0.2, -0.15) is 0 Å². The number of ether oxygens (including phenoxy) is 1. The number of hydrogen-bond donors (Lipinski definition) is 2. The zero-order chi connectivity index (χ0) is 19.3. The van der Waals surface area contributed by atoms with E-state index in [1.807, 2.05) is 6.92 Å². The molecule has 138 valence electrons. The van der Waals surface area contributed by atoms with Crippen LogP contribution in [-0.4, -0.2) is 16.6 Å². The lowest BCUT2D eigenvalue weighted by Gasteiger charge is -2.19. The first-order valence-electron chi connectivity index (χ1n) is 8.33. The molecular weight excluding hydrogens is 334 g/mol. The molecule has 0 bridgehead atoms. The minimum Gasteiger partial charge on any atom is -0.444 e. The summed E-state index contributed by atoms with van der Waals surface area (Å²) in [6.45, 7) is 7.24. The van der Waals surface area contributed by atoms with E-state index in [2.05, 4.69) is 10.6 Å². The number of hydrogen-bond acceptors (Lipinski definition) is 5. The Morgan fingerprint density at radius 1 is 1.12 bits per heavy atom. The predicted molar refractivity (Wildman–Crippen MR) is 102 cm³/mol. The monoisotopic (exact) mass is 357 g/mol. The summed E-state index contributed by atoms with van der Waals surface area (Å²) in [6, 6.07) is 12.1. The fourth-order valence-corrected chi connectivity index (χ4v) is 2.41. The van der Waals surface area contributed by atoms with Crippen molar-refractivity contribution >= 4 is 28.8 Å². The molecule has 0 saturated carbocycles. The summed E-state index contributed by atoms with van der Waals surface area (Å²) < 4.78 is 5.19. The van der Waals surface area contributed by atoms with Crippen LogP contribution in [0.15, 0.2) is 42.5 Å². The Labute approximate surface area is 152 Å². The van der Waals surface area contributed by atoms with E-state index < -0.39 is 11.7 Å². The highest BCUT2D eigenvalue weighted by molar-refractivity contribution is 5.85. The SMILES string of the molecule is CCc1cccc(Nc2ccc(NC(=O)OC(C)(C)C)cc2)c1[N+](=O)[O-]. The molecule has 0 radical (unpaired) electrons. The smallest absolute Gasteiger partial charge is 0.412 e. The van der Waals surface area contributed by atoms with Gasteiger partial charge < -0.3 is 10.1 Å². The molecule has 2 N–H and O–H groups in total. The number of nitro benzene ring substituents is 1. The van der Waals surface area contributed by atoms with Crippen LogP contribution in [0.5, 0.6) is 0 Å². The maximum absolute atomic E-state index is 11.8. The summed E-state index contributed by atoms with van der Waals surface area (Å²) in [4.78, 5) is 22.8. The van der Waals surface area contributed by atoms with Crippen LogP contribution in [0.25, 0.3) is 0 Å². The number of carbonyl (C=O) groups is 1. The van der Waals surface area contributed by atoms with E-state index in [0.29, 0.717) is 29.0 Å². The molecule has 2 rings (SSSR count). The van der Waals surface area contributed by atoms with Crippen molar-refractivity contribution in [2.24, 2.45) is 0 Å². The van der Waals surface area contributed by atoms with Crippen LogP contribution >= 0.6 is 0 Å². The van der Waals surface area contributed by atoms with Gasteiger partial charge in [0.15, 0.2) is 0 Å². The standard InChI is InChI=1S/C19H23N3O4/c1-5-13-7-6-8-16(17(13)22(24)25)20-14-9-11-15(12-10-14)21-18(23)26-19(2,3)4/h6-12,20H,5H2,1-4H3,(H,21,23). The molecule has 26 heavy (non-hydrogen) atoms. The molecule has 0 aliphatic heterocycles. The zero-order valence-electron chi connectivity index (χ0n) is 15.3. The van der Waals surface area contributed by atoms with E-state index >= 15 is 0 Å². The van der Waals surface area contributed by atoms with Gasteiger partial charge in [-0.3, -0.25) is 15.4 Å². The number of nitrogens with one attached hydrogen (secondary N) is 2. The van der Waals surface area contributed by atoms with Crippen molar-refractivity contribution in [1.29, 1.82) is 0 Å². The molecule has 0 unspecified atom stereocenters. The third-order valence-corrected chi connectivity index (χ3v) is 3.49. The predicted octanol–water partition coefficient (Wildman–Crippen LogP) is 5.25. The number of anilines is 3. The molecule has 0 aromatic heterocycles. The maximum Gasteiger partial charge on any atom is 0.412 e. The Kier molecular flexibility index (Phi) is 5.82. The van der Waals surface area contributed by atoms with Gasteiger partial charge >= 0.3 is 6.09 Å². The minimum absolute atomic E-state index is 0.0750. The third kappa shape index (κ3) is 5.20. The molecule has 2 aromatic carbocycles. The highest BCUT2D eigenvalue weighted by Crippen LogP contribution is 2.31. The van der Waals surface area contributed by atoms with Crippen molar-refractivity contribution < 1.29 is 14.5 Å². The average Bonchev–Trinajstić information content (AvgIpc) is 2.54. The Morgan fingerprint density at radius 2 is 1.73 bits per heavy atom. The molecule has 0 spiro atoms. The van der Waals surface area contributed by atoms with E-state index in [9.17, 15) is 14.9 Å². The third-order valence-electron chi connectivity index (χ3n) is 3.49. The lowest BCUT2D eigenvalue weighted by atomic mass is 10.1. The van der Waals surface area contributed by atoms with Crippen molar-refractivity contribution in [3.05, 3.63) is 58.1 Å². The van der Waals surface area contributed by atoms with Gasteiger partial charge in [0, 0.05) is 16.9 Å². The molecule has 1 amide bonds. The molecule has 0 atom stereocenters. The van der Waals surface area contributed by atoms with Crippen LogP contribution in [0, 0.1) is 10.1 Å². The zero-order valence-corrected chi connectivity index (χ0v) is 15.3. The number of aryl methyl sites for hydroxylation is 1. The number of para-hydroxylation sites is 1. The molecule has 2 aromatic rings. The fraction of sp³-hybridized carbons (Fsp3) is 0.316. The first-order valence-corrected chi connectivity index (χ1v) is 8.33. The van der Waals surface area contributed by atoms with E-state index in [4.69, 9.17) is 4.74 Å². The number of benzene rings is 2. The second-order valence-electron chi connectivity index (χ2n) is 6.75. The second-order valence-corrected chi connectivity index (χ2v) is 6.75. The second kappa shape index (κ2) is 7.86. The summed E-state index contributed by atoms with van der Waals surface area (Å²) in [7, 11) is 0. The highest BCUT2D eigenvalue weighted by Gasteiger charge is 2.19. The van der Waals surface area contributed by atoms with E-state index in [1.54, 1.807) is 63.2 Å². The summed E-state index contributed by atoms with van der Waals surface area (Å²) in [5.74, 6) is 0. The molecule has 7 nitrogen and oxygen atoms in total. The summed E-state index contributed by atoms with van der Waals surface area (Å²) in [6.07, 6.45) is 0.0365.